The van der Waals surface area contributed by atoms with Crippen molar-refractivity contribution in [3.05, 3.63) is 59.9 Å². The van der Waals surface area contributed by atoms with E-state index in [4.69, 9.17) is 4.74 Å². The van der Waals surface area contributed by atoms with Gasteiger partial charge in [0.1, 0.15) is 11.6 Å². The quantitative estimate of drug-likeness (QED) is 0.808. The Hall–Kier alpha value is -2.07. The fourth-order valence-corrected chi connectivity index (χ4v) is 4.40. The number of anilines is 1. The molecule has 2 aliphatic heterocycles. The summed E-state index contributed by atoms with van der Waals surface area (Å²) in [4.78, 5) is 5.11. The summed E-state index contributed by atoms with van der Waals surface area (Å²) in [7, 11) is 0. The zero-order valence-corrected chi connectivity index (χ0v) is 15.4. The molecular weight excluding hydrogens is 327 g/mol. The maximum Gasteiger partial charge on any atom is 0.123 e. The smallest absolute Gasteiger partial charge is 0.123 e. The second kappa shape index (κ2) is 7.67. The molecule has 3 nitrogen and oxygen atoms in total. The number of piperidine rings is 1. The maximum atomic E-state index is 13.1. The number of fused-ring (bicyclic) bond motifs is 1. The second-order valence-corrected chi connectivity index (χ2v) is 7.35. The van der Waals surface area contributed by atoms with Gasteiger partial charge in [-0.3, -0.25) is 0 Å². The molecule has 0 spiro atoms. The van der Waals surface area contributed by atoms with Crippen molar-refractivity contribution >= 4 is 5.69 Å². The van der Waals surface area contributed by atoms with Gasteiger partial charge in [-0.1, -0.05) is 25.1 Å². The first-order valence-electron chi connectivity index (χ1n) is 9.70. The molecule has 0 aromatic heterocycles. The van der Waals surface area contributed by atoms with Gasteiger partial charge < -0.3 is 14.5 Å². The first kappa shape index (κ1) is 17.3. The zero-order chi connectivity index (χ0) is 17.9. The van der Waals surface area contributed by atoms with Crippen LogP contribution >= 0.6 is 0 Å². The van der Waals surface area contributed by atoms with E-state index in [9.17, 15) is 4.39 Å². The normalized spacial score (nSPS) is 23.1. The zero-order valence-electron chi connectivity index (χ0n) is 15.4. The van der Waals surface area contributed by atoms with Crippen molar-refractivity contribution in [1.29, 1.82) is 0 Å². The molecule has 0 N–H and O–H groups in total. The molecule has 4 rings (SSSR count). The third kappa shape index (κ3) is 3.56. The number of para-hydroxylation sites is 1. The van der Waals surface area contributed by atoms with E-state index in [0.717, 1.165) is 38.3 Å². The van der Waals surface area contributed by atoms with Gasteiger partial charge in [-0.2, -0.15) is 0 Å². The van der Waals surface area contributed by atoms with E-state index in [1.807, 2.05) is 0 Å². The van der Waals surface area contributed by atoms with E-state index in [0.29, 0.717) is 18.6 Å². The summed E-state index contributed by atoms with van der Waals surface area (Å²) in [5, 5.41) is 0. The summed E-state index contributed by atoms with van der Waals surface area (Å²) in [6.07, 6.45) is 2.30. The highest BCUT2D eigenvalue weighted by molar-refractivity contribution is 5.58. The Morgan fingerprint density at radius 2 is 1.88 bits per heavy atom. The standard InChI is InChI=1S/C22H27FN2O/c1-2-24-13-12-22(25-14-11-17-5-3-4-6-21(17)25)18(15-24)16-26-20-9-7-19(23)8-10-20/h3-10,18,22H,2,11-16H2,1H3/t18-,22-/m1/s1. The van der Waals surface area contributed by atoms with E-state index in [-0.39, 0.29) is 5.82 Å². The van der Waals surface area contributed by atoms with Gasteiger partial charge in [-0.05, 0) is 55.3 Å². The molecule has 0 amide bonds. The maximum absolute atomic E-state index is 13.1. The molecule has 4 heteroatoms. The van der Waals surface area contributed by atoms with E-state index in [1.165, 1.54) is 29.8 Å². The number of hydrogen-bond donors (Lipinski definition) is 0. The van der Waals surface area contributed by atoms with Crippen LogP contribution in [0.5, 0.6) is 5.75 Å². The van der Waals surface area contributed by atoms with Crippen LogP contribution in [-0.2, 0) is 6.42 Å². The molecule has 0 bridgehead atoms. The molecule has 2 aromatic carbocycles. The van der Waals surface area contributed by atoms with Gasteiger partial charge in [0.15, 0.2) is 0 Å². The summed E-state index contributed by atoms with van der Waals surface area (Å²) < 4.78 is 19.2. The average Bonchev–Trinajstić information content (AvgIpc) is 3.11. The lowest BCUT2D eigenvalue weighted by Crippen LogP contribution is -2.52. The largest absolute Gasteiger partial charge is 0.493 e. The highest BCUT2D eigenvalue weighted by Crippen LogP contribution is 2.34. The minimum Gasteiger partial charge on any atom is -0.493 e. The van der Waals surface area contributed by atoms with Crippen molar-refractivity contribution in [1.82, 2.24) is 4.90 Å². The molecule has 26 heavy (non-hydrogen) atoms. The Kier molecular flexibility index (Phi) is 5.11. The van der Waals surface area contributed by atoms with E-state index in [2.05, 4.69) is 41.0 Å². The van der Waals surface area contributed by atoms with Crippen molar-refractivity contribution in [2.45, 2.75) is 25.8 Å². The SMILES string of the molecule is CCN1CC[C@@H](N2CCc3ccccc32)[C@@H](COc2ccc(F)cc2)C1. The van der Waals surface area contributed by atoms with Gasteiger partial charge in [-0.25, -0.2) is 4.39 Å². The van der Waals surface area contributed by atoms with Crippen molar-refractivity contribution in [2.24, 2.45) is 5.92 Å². The van der Waals surface area contributed by atoms with Crippen LogP contribution in [0.1, 0.15) is 18.9 Å². The van der Waals surface area contributed by atoms with Crippen molar-refractivity contribution in [2.75, 3.05) is 37.7 Å². The third-order valence-corrected chi connectivity index (χ3v) is 5.83. The highest BCUT2D eigenvalue weighted by atomic mass is 19.1. The lowest BCUT2D eigenvalue weighted by molar-refractivity contribution is 0.114. The molecule has 2 aliphatic rings. The van der Waals surface area contributed by atoms with Crippen LogP contribution in [0, 0.1) is 11.7 Å². The second-order valence-electron chi connectivity index (χ2n) is 7.35. The minimum absolute atomic E-state index is 0.223. The topological polar surface area (TPSA) is 15.7 Å². The van der Waals surface area contributed by atoms with Gasteiger partial charge in [0.2, 0.25) is 0 Å². The molecular formula is C22H27FN2O. The lowest BCUT2D eigenvalue weighted by atomic mass is 9.91. The molecule has 0 aliphatic carbocycles. The van der Waals surface area contributed by atoms with Crippen LogP contribution in [0.3, 0.4) is 0 Å². The lowest BCUT2D eigenvalue weighted by Gasteiger charge is -2.43. The first-order chi connectivity index (χ1) is 12.7. The molecule has 2 heterocycles. The van der Waals surface area contributed by atoms with Gasteiger partial charge in [0.05, 0.1) is 6.61 Å². The van der Waals surface area contributed by atoms with Crippen LogP contribution in [0.4, 0.5) is 10.1 Å². The van der Waals surface area contributed by atoms with Crippen molar-refractivity contribution in [3.8, 4) is 5.75 Å². The number of rotatable bonds is 5. The Bertz CT molecular complexity index is 733. The summed E-state index contributed by atoms with van der Waals surface area (Å²) in [6.45, 7) is 7.28. The average molecular weight is 354 g/mol. The fourth-order valence-electron chi connectivity index (χ4n) is 4.40. The molecule has 2 atom stereocenters. The Balaban J connectivity index is 1.50. The molecule has 138 valence electrons. The molecule has 0 saturated carbocycles. The third-order valence-electron chi connectivity index (χ3n) is 5.83. The predicted molar refractivity (Wildman–Crippen MR) is 103 cm³/mol. The number of likely N-dealkylation sites (tertiary alicyclic amines) is 1. The molecule has 1 fully saturated rings. The predicted octanol–water partition coefficient (Wildman–Crippen LogP) is 3.98. The molecule has 0 unspecified atom stereocenters. The fraction of sp³-hybridized carbons (Fsp3) is 0.455. The number of ether oxygens (including phenoxy) is 1. The van der Waals surface area contributed by atoms with E-state index < -0.39 is 0 Å². The van der Waals surface area contributed by atoms with Gasteiger partial charge in [0.25, 0.3) is 0 Å². The van der Waals surface area contributed by atoms with Crippen LogP contribution in [0.25, 0.3) is 0 Å². The van der Waals surface area contributed by atoms with Gasteiger partial charge in [-0.15, -0.1) is 0 Å². The van der Waals surface area contributed by atoms with Gasteiger partial charge in [0, 0.05) is 37.3 Å². The number of benzene rings is 2. The van der Waals surface area contributed by atoms with Crippen molar-refractivity contribution in [3.63, 3.8) is 0 Å². The number of halogens is 1. The summed E-state index contributed by atoms with van der Waals surface area (Å²) in [6, 6.07) is 15.6. The van der Waals surface area contributed by atoms with Crippen LogP contribution in [-0.4, -0.2) is 43.7 Å². The number of nitrogens with zero attached hydrogens (tertiary/aromatic N) is 2. The van der Waals surface area contributed by atoms with Gasteiger partial charge >= 0.3 is 0 Å². The van der Waals surface area contributed by atoms with E-state index in [1.54, 1.807) is 12.1 Å². The Morgan fingerprint density at radius 1 is 1.08 bits per heavy atom. The molecule has 1 saturated heterocycles. The highest BCUT2D eigenvalue weighted by Gasteiger charge is 2.36. The molecule has 0 radical (unpaired) electrons. The summed E-state index contributed by atoms with van der Waals surface area (Å²) in [5.41, 5.74) is 2.86. The van der Waals surface area contributed by atoms with Crippen LogP contribution in [0.2, 0.25) is 0 Å². The van der Waals surface area contributed by atoms with E-state index >= 15 is 0 Å². The monoisotopic (exact) mass is 354 g/mol. The summed E-state index contributed by atoms with van der Waals surface area (Å²) in [5.74, 6) is 0.972. The van der Waals surface area contributed by atoms with Crippen LogP contribution in [0.15, 0.2) is 48.5 Å². The first-order valence-corrected chi connectivity index (χ1v) is 9.70. The Morgan fingerprint density at radius 3 is 2.69 bits per heavy atom. The van der Waals surface area contributed by atoms with Crippen molar-refractivity contribution < 1.29 is 9.13 Å². The minimum atomic E-state index is -0.223. The molecule has 2 aromatic rings. The number of hydrogen-bond acceptors (Lipinski definition) is 3. The Labute approximate surface area is 155 Å². The van der Waals surface area contributed by atoms with Crippen LogP contribution < -0.4 is 9.64 Å². The summed E-state index contributed by atoms with van der Waals surface area (Å²) >= 11 is 0.